The summed E-state index contributed by atoms with van der Waals surface area (Å²) in [4.78, 5) is 36.0. The summed E-state index contributed by atoms with van der Waals surface area (Å²) >= 11 is 0. The van der Waals surface area contributed by atoms with Crippen LogP contribution in [0.15, 0.2) is 28.7 Å². The van der Waals surface area contributed by atoms with Gasteiger partial charge < -0.3 is 19.7 Å². The van der Waals surface area contributed by atoms with Gasteiger partial charge in [0.25, 0.3) is 0 Å². The number of benzene rings is 1. The molecule has 7 heteroatoms. The monoisotopic (exact) mass is 302 g/mol. The summed E-state index contributed by atoms with van der Waals surface area (Å²) in [5, 5.41) is 12.2. The Balaban J connectivity index is 1.77. The minimum absolute atomic E-state index is 0.0449. The van der Waals surface area contributed by atoms with Crippen molar-refractivity contribution in [1.29, 1.82) is 0 Å². The highest BCUT2D eigenvalue weighted by molar-refractivity contribution is 5.99. The van der Waals surface area contributed by atoms with Crippen LogP contribution >= 0.6 is 0 Å². The zero-order chi connectivity index (χ0) is 15.9. The van der Waals surface area contributed by atoms with Crippen molar-refractivity contribution in [2.24, 2.45) is 5.92 Å². The molecule has 1 saturated heterocycles. The fraction of sp³-hybridized carbons (Fsp3) is 0.267. The molecule has 2 heterocycles. The number of rotatable bonds is 3. The second-order valence-corrected chi connectivity index (χ2v) is 5.33. The molecule has 0 bridgehead atoms. The van der Waals surface area contributed by atoms with Crippen molar-refractivity contribution in [3.63, 3.8) is 0 Å². The van der Waals surface area contributed by atoms with E-state index in [0.717, 1.165) is 0 Å². The number of carbonyl (C=O) groups is 3. The fourth-order valence-electron chi connectivity index (χ4n) is 2.51. The molecule has 114 valence electrons. The van der Waals surface area contributed by atoms with Gasteiger partial charge in [0.2, 0.25) is 17.6 Å². The highest BCUT2D eigenvalue weighted by atomic mass is 16.4. The molecule has 1 aliphatic heterocycles. The number of furan rings is 1. The van der Waals surface area contributed by atoms with Crippen LogP contribution in [0.3, 0.4) is 0 Å². The summed E-state index contributed by atoms with van der Waals surface area (Å²) in [6.45, 7) is 0.405. The van der Waals surface area contributed by atoms with E-state index in [-0.39, 0.29) is 29.9 Å². The van der Waals surface area contributed by atoms with Crippen LogP contribution in [0.2, 0.25) is 0 Å². The molecule has 0 saturated carbocycles. The number of hydrogen-bond acceptors (Lipinski definition) is 4. The molecule has 1 aromatic carbocycles. The van der Waals surface area contributed by atoms with Gasteiger partial charge in [-0.15, -0.1) is 0 Å². The van der Waals surface area contributed by atoms with Crippen molar-refractivity contribution in [3.8, 4) is 0 Å². The van der Waals surface area contributed by atoms with Crippen molar-refractivity contribution in [3.05, 3.63) is 30.0 Å². The highest BCUT2D eigenvalue weighted by Gasteiger charge is 2.32. The van der Waals surface area contributed by atoms with E-state index < -0.39 is 5.97 Å². The normalized spacial score (nSPS) is 18.0. The quantitative estimate of drug-likeness (QED) is 0.896. The van der Waals surface area contributed by atoms with Crippen molar-refractivity contribution in [1.82, 2.24) is 4.90 Å². The number of carbonyl (C=O) groups excluding carboxylic acids is 2. The van der Waals surface area contributed by atoms with Crippen LogP contribution in [0.5, 0.6) is 0 Å². The Labute approximate surface area is 125 Å². The Morgan fingerprint density at radius 2 is 2.14 bits per heavy atom. The van der Waals surface area contributed by atoms with E-state index >= 15 is 0 Å². The minimum atomic E-state index is -1.14. The van der Waals surface area contributed by atoms with Crippen LogP contribution in [0, 0.1) is 5.92 Å². The van der Waals surface area contributed by atoms with Crippen LogP contribution < -0.4 is 5.32 Å². The summed E-state index contributed by atoms with van der Waals surface area (Å²) in [6.07, 6.45) is 0.208. The molecule has 1 aliphatic rings. The molecule has 0 aliphatic carbocycles. The lowest BCUT2D eigenvalue weighted by Gasteiger charge is -2.11. The number of likely N-dealkylation sites (tertiary alicyclic amines) is 1. The Kier molecular flexibility index (Phi) is 3.32. The number of nitrogens with zero attached hydrogens (tertiary/aromatic N) is 1. The number of carboxylic acid groups (broad SMARTS) is 1. The molecular formula is C15H14N2O5. The zero-order valence-corrected chi connectivity index (χ0v) is 11.8. The average molecular weight is 302 g/mol. The molecule has 3 rings (SSSR count). The van der Waals surface area contributed by atoms with Crippen LogP contribution in [0.1, 0.15) is 17.0 Å². The van der Waals surface area contributed by atoms with Gasteiger partial charge in [0.15, 0.2) is 0 Å². The van der Waals surface area contributed by atoms with Crippen LogP contribution in [0.4, 0.5) is 5.69 Å². The van der Waals surface area contributed by atoms with Gasteiger partial charge in [-0.05, 0) is 24.3 Å². The first-order valence-corrected chi connectivity index (χ1v) is 6.76. The number of hydrogen-bond donors (Lipinski definition) is 2. The van der Waals surface area contributed by atoms with Crippen molar-refractivity contribution in [2.75, 3.05) is 18.9 Å². The van der Waals surface area contributed by atoms with Crippen molar-refractivity contribution >= 4 is 34.4 Å². The molecule has 2 amide bonds. The molecule has 1 atom stereocenters. The third-order valence-corrected chi connectivity index (χ3v) is 3.71. The standard InChI is InChI=1S/C15H14N2O5/c1-17-7-9(6-13(17)18)14(19)16-10-2-3-11-8(4-10)5-12(22-11)15(20)21/h2-5,9H,6-7H2,1H3,(H,16,19)(H,20,21). The van der Waals surface area contributed by atoms with E-state index in [1.165, 1.54) is 11.0 Å². The lowest BCUT2D eigenvalue weighted by Crippen LogP contribution is -2.25. The predicted molar refractivity (Wildman–Crippen MR) is 77.5 cm³/mol. The van der Waals surface area contributed by atoms with Gasteiger partial charge in [0, 0.05) is 31.1 Å². The molecular weight excluding hydrogens is 288 g/mol. The third kappa shape index (κ3) is 2.52. The highest BCUT2D eigenvalue weighted by Crippen LogP contribution is 2.24. The van der Waals surface area contributed by atoms with Crippen molar-refractivity contribution < 1.29 is 23.9 Å². The van der Waals surface area contributed by atoms with E-state index in [1.807, 2.05) is 0 Å². The summed E-state index contributed by atoms with van der Waals surface area (Å²) in [5.74, 6) is -1.93. The maximum absolute atomic E-state index is 12.1. The second-order valence-electron chi connectivity index (χ2n) is 5.33. The summed E-state index contributed by atoms with van der Waals surface area (Å²) in [7, 11) is 1.67. The topological polar surface area (TPSA) is 99.8 Å². The Morgan fingerprint density at radius 3 is 2.77 bits per heavy atom. The van der Waals surface area contributed by atoms with Gasteiger partial charge in [-0.1, -0.05) is 0 Å². The average Bonchev–Trinajstić information content (AvgIpc) is 3.03. The lowest BCUT2D eigenvalue weighted by atomic mass is 10.1. The number of nitrogens with one attached hydrogen (secondary N) is 1. The van der Waals surface area contributed by atoms with E-state index in [0.29, 0.717) is 23.2 Å². The smallest absolute Gasteiger partial charge is 0.371 e. The molecule has 2 aromatic rings. The number of anilines is 1. The SMILES string of the molecule is CN1CC(C(=O)Nc2ccc3oc(C(=O)O)cc3c2)CC1=O. The van der Waals surface area contributed by atoms with E-state index in [2.05, 4.69) is 5.32 Å². The van der Waals surface area contributed by atoms with E-state index in [4.69, 9.17) is 9.52 Å². The van der Waals surface area contributed by atoms with Crippen molar-refractivity contribution in [2.45, 2.75) is 6.42 Å². The van der Waals surface area contributed by atoms with E-state index in [1.54, 1.807) is 25.2 Å². The maximum Gasteiger partial charge on any atom is 0.371 e. The van der Waals surface area contributed by atoms with Gasteiger partial charge in [-0.2, -0.15) is 0 Å². The zero-order valence-electron chi connectivity index (χ0n) is 11.8. The largest absolute Gasteiger partial charge is 0.475 e. The number of aromatic carboxylic acids is 1. The summed E-state index contributed by atoms with van der Waals surface area (Å²) < 4.78 is 5.15. The first-order valence-electron chi connectivity index (χ1n) is 6.76. The minimum Gasteiger partial charge on any atom is -0.475 e. The molecule has 1 fully saturated rings. The lowest BCUT2D eigenvalue weighted by molar-refractivity contribution is -0.127. The molecule has 22 heavy (non-hydrogen) atoms. The van der Waals surface area contributed by atoms with Gasteiger partial charge >= 0.3 is 5.97 Å². The Hall–Kier alpha value is -2.83. The van der Waals surface area contributed by atoms with Gasteiger partial charge in [-0.3, -0.25) is 9.59 Å². The van der Waals surface area contributed by atoms with Crippen LogP contribution in [-0.4, -0.2) is 41.4 Å². The van der Waals surface area contributed by atoms with Gasteiger partial charge in [0.05, 0.1) is 5.92 Å². The molecule has 0 radical (unpaired) electrons. The second kappa shape index (κ2) is 5.18. The summed E-state index contributed by atoms with van der Waals surface area (Å²) in [5.41, 5.74) is 0.975. The molecule has 0 spiro atoms. The molecule has 7 nitrogen and oxygen atoms in total. The van der Waals surface area contributed by atoms with E-state index in [9.17, 15) is 14.4 Å². The predicted octanol–water partition coefficient (Wildman–Crippen LogP) is 1.55. The third-order valence-electron chi connectivity index (χ3n) is 3.71. The number of carboxylic acids is 1. The first-order chi connectivity index (χ1) is 10.4. The van der Waals surface area contributed by atoms with Gasteiger partial charge in [0.1, 0.15) is 5.58 Å². The number of amides is 2. The summed E-state index contributed by atoms with van der Waals surface area (Å²) in [6, 6.07) is 6.28. The van der Waals surface area contributed by atoms with Crippen LogP contribution in [-0.2, 0) is 9.59 Å². The molecule has 1 unspecified atom stereocenters. The fourth-order valence-corrected chi connectivity index (χ4v) is 2.51. The Bertz CT molecular complexity index is 779. The molecule has 1 aromatic heterocycles. The first kappa shape index (κ1) is 14.1. The van der Waals surface area contributed by atoms with Crippen LogP contribution in [0.25, 0.3) is 11.0 Å². The Morgan fingerprint density at radius 1 is 1.36 bits per heavy atom. The van der Waals surface area contributed by atoms with Gasteiger partial charge in [-0.25, -0.2) is 4.79 Å². The number of fused-ring (bicyclic) bond motifs is 1. The molecule has 2 N–H and O–H groups in total. The maximum atomic E-state index is 12.1.